The first-order chi connectivity index (χ1) is 13.1. The first-order valence-corrected chi connectivity index (χ1v) is 9.18. The molecule has 2 aromatic carbocycles. The average molecular weight is 368 g/mol. The summed E-state index contributed by atoms with van der Waals surface area (Å²) < 4.78 is 10.9. The fourth-order valence-corrected chi connectivity index (χ4v) is 4.29. The molecular weight excluding hydrogens is 344 g/mol. The largest absolute Gasteiger partial charge is 0.496 e. The average Bonchev–Trinajstić information content (AvgIpc) is 3.23. The molecule has 4 rings (SSSR count). The number of aliphatic hydroxyl groups is 1. The number of methoxy groups -OCH3 is 2. The van der Waals surface area contributed by atoms with Crippen LogP contribution in [0.5, 0.6) is 5.75 Å². The van der Waals surface area contributed by atoms with Crippen molar-refractivity contribution >= 4 is 5.91 Å². The van der Waals surface area contributed by atoms with Crippen LogP contribution in [-0.4, -0.2) is 54.4 Å². The van der Waals surface area contributed by atoms with E-state index in [-0.39, 0.29) is 11.9 Å². The molecule has 0 spiro atoms. The molecule has 0 bridgehead atoms. The number of nitrogens with zero attached hydrogens (tertiary/aromatic N) is 2. The summed E-state index contributed by atoms with van der Waals surface area (Å²) in [6.07, 6.45) is 1.85. The Labute approximate surface area is 158 Å². The van der Waals surface area contributed by atoms with E-state index in [4.69, 9.17) is 9.47 Å². The number of hydrogen-bond acceptors (Lipinski definition) is 5. The van der Waals surface area contributed by atoms with Crippen LogP contribution in [0.15, 0.2) is 48.5 Å². The zero-order chi connectivity index (χ0) is 19.0. The Hall–Kier alpha value is -2.41. The van der Waals surface area contributed by atoms with Crippen molar-refractivity contribution < 1.29 is 19.4 Å². The lowest BCUT2D eigenvalue weighted by molar-refractivity contribution is -0.167. The van der Waals surface area contributed by atoms with Gasteiger partial charge in [0, 0.05) is 24.8 Å². The zero-order valence-corrected chi connectivity index (χ0v) is 15.6. The molecule has 2 aromatic rings. The predicted molar refractivity (Wildman–Crippen MR) is 100 cm³/mol. The van der Waals surface area contributed by atoms with Gasteiger partial charge in [0.05, 0.1) is 25.3 Å². The van der Waals surface area contributed by atoms with E-state index < -0.39 is 5.72 Å². The Morgan fingerprint density at radius 3 is 2.56 bits per heavy atom. The molecule has 6 nitrogen and oxygen atoms in total. The number of rotatable bonds is 5. The number of fused-ring (bicyclic) bond motifs is 1. The highest BCUT2D eigenvalue weighted by Crippen LogP contribution is 2.47. The Kier molecular flexibility index (Phi) is 4.63. The molecule has 1 saturated heterocycles. The molecule has 1 N–H and O–H groups in total. The van der Waals surface area contributed by atoms with E-state index in [1.165, 1.54) is 5.01 Å². The molecule has 1 unspecified atom stereocenters. The summed E-state index contributed by atoms with van der Waals surface area (Å²) in [5.41, 5.74) is 0.00164. The lowest BCUT2D eigenvalue weighted by atomic mass is 9.93. The molecule has 1 fully saturated rings. The van der Waals surface area contributed by atoms with Gasteiger partial charge in [-0.3, -0.25) is 4.79 Å². The van der Waals surface area contributed by atoms with Gasteiger partial charge >= 0.3 is 0 Å². The lowest BCUT2D eigenvalue weighted by Crippen LogP contribution is -2.57. The maximum atomic E-state index is 13.4. The summed E-state index contributed by atoms with van der Waals surface area (Å²) in [4.78, 5) is 13.4. The van der Waals surface area contributed by atoms with Crippen LogP contribution in [0.2, 0.25) is 0 Å². The van der Waals surface area contributed by atoms with Crippen LogP contribution in [0.1, 0.15) is 34.3 Å². The summed E-state index contributed by atoms with van der Waals surface area (Å²) >= 11 is 0. The quantitative estimate of drug-likeness (QED) is 0.878. The van der Waals surface area contributed by atoms with Crippen molar-refractivity contribution in [1.29, 1.82) is 0 Å². The second-order valence-corrected chi connectivity index (χ2v) is 6.95. The minimum atomic E-state index is -1.63. The summed E-state index contributed by atoms with van der Waals surface area (Å²) in [5.74, 6) is 0.332. The highest BCUT2D eigenvalue weighted by Gasteiger charge is 2.55. The van der Waals surface area contributed by atoms with Gasteiger partial charge in [-0.1, -0.05) is 36.4 Å². The second-order valence-electron chi connectivity index (χ2n) is 6.95. The maximum absolute atomic E-state index is 13.4. The molecule has 142 valence electrons. The van der Waals surface area contributed by atoms with Crippen LogP contribution in [0, 0.1) is 0 Å². The Morgan fingerprint density at radius 2 is 1.81 bits per heavy atom. The van der Waals surface area contributed by atoms with Gasteiger partial charge in [0.15, 0.2) is 0 Å². The van der Waals surface area contributed by atoms with Crippen LogP contribution in [-0.2, 0) is 10.5 Å². The molecule has 0 aliphatic carbocycles. The molecule has 2 aliphatic heterocycles. The fourth-order valence-electron chi connectivity index (χ4n) is 4.29. The third-order valence-electron chi connectivity index (χ3n) is 5.48. The van der Waals surface area contributed by atoms with Crippen molar-refractivity contribution in [3.8, 4) is 5.75 Å². The second kappa shape index (κ2) is 6.96. The van der Waals surface area contributed by atoms with Crippen LogP contribution in [0.4, 0.5) is 0 Å². The van der Waals surface area contributed by atoms with Crippen molar-refractivity contribution in [1.82, 2.24) is 10.0 Å². The van der Waals surface area contributed by atoms with Gasteiger partial charge < -0.3 is 14.6 Å². The van der Waals surface area contributed by atoms with Crippen LogP contribution in [0.3, 0.4) is 0 Å². The van der Waals surface area contributed by atoms with Crippen molar-refractivity contribution in [3.05, 3.63) is 65.2 Å². The molecule has 6 heteroatoms. The number of ether oxygens (including phenoxy) is 2. The monoisotopic (exact) mass is 368 g/mol. The van der Waals surface area contributed by atoms with Gasteiger partial charge in [0.2, 0.25) is 5.72 Å². The van der Waals surface area contributed by atoms with Gasteiger partial charge in [-0.15, -0.1) is 0 Å². The zero-order valence-electron chi connectivity index (χ0n) is 15.6. The minimum Gasteiger partial charge on any atom is -0.496 e. The third-order valence-corrected chi connectivity index (χ3v) is 5.48. The molecule has 27 heavy (non-hydrogen) atoms. The Morgan fingerprint density at radius 1 is 1.11 bits per heavy atom. The highest BCUT2D eigenvalue weighted by molar-refractivity contribution is 6.00. The van der Waals surface area contributed by atoms with E-state index in [1.54, 1.807) is 32.4 Å². The van der Waals surface area contributed by atoms with Gasteiger partial charge in [0.1, 0.15) is 5.75 Å². The van der Waals surface area contributed by atoms with Crippen LogP contribution >= 0.6 is 0 Å². The number of hydrazine groups is 1. The van der Waals surface area contributed by atoms with Crippen molar-refractivity contribution in [2.45, 2.75) is 24.6 Å². The number of hydrogen-bond donors (Lipinski definition) is 1. The van der Waals surface area contributed by atoms with Crippen molar-refractivity contribution in [2.75, 3.05) is 27.4 Å². The third kappa shape index (κ3) is 2.64. The Bertz CT molecular complexity index is 856. The van der Waals surface area contributed by atoms with Crippen molar-refractivity contribution in [2.24, 2.45) is 0 Å². The van der Waals surface area contributed by atoms with Gasteiger partial charge in [-0.2, -0.15) is 0 Å². The smallest absolute Gasteiger partial charge is 0.271 e. The van der Waals surface area contributed by atoms with E-state index in [9.17, 15) is 9.90 Å². The lowest BCUT2D eigenvalue weighted by Gasteiger charge is -2.42. The van der Waals surface area contributed by atoms with Gasteiger partial charge in [0.25, 0.3) is 5.91 Å². The van der Waals surface area contributed by atoms with E-state index >= 15 is 0 Å². The van der Waals surface area contributed by atoms with Crippen molar-refractivity contribution in [3.63, 3.8) is 0 Å². The number of carbonyl (C=O) groups excluding carboxylic acids is 1. The molecule has 0 saturated carbocycles. The minimum absolute atomic E-state index is 0.0366. The standard InChI is InChI=1S/C21H24N2O4/c1-26-14-15-8-7-13-22(15)23-20(24)16-9-3-4-10-17(16)21(23,25)18-11-5-6-12-19(18)27-2/h3-6,9-12,15,25H,7-8,13-14H2,1-2H3/t15-,21?/m0/s1. The van der Waals surface area contributed by atoms with E-state index in [2.05, 4.69) is 0 Å². The summed E-state index contributed by atoms with van der Waals surface area (Å²) in [6, 6.07) is 14.6. The molecule has 0 aromatic heterocycles. The van der Waals surface area contributed by atoms with Crippen LogP contribution in [0.25, 0.3) is 0 Å². The normalized spacial score (nSPS) is 25.1. The number of carbonyl (C=O) groups is 1. The number of benzene rings is 2. The molecule has 1 amide bonds. The van der Waals surface area contributed by atoms with E-state index in [0.717, 1.165) is 12.8 Å². The summed E-state index contributed by atoms with van der Waals surface area (Å²) in [6.45, 7) is 1.19. The van der Waals surface area contributed by atoms with Gasteiger partial charge in [-0.05, 0) is 25.0 Å². The molecular formula is C21H24N2O4. The first kappa shape index (κ1) is 18.0. The maximum Gasteiger partial charge on any atom is 0.271 e. The predicted octanol–water partition coefficient (Wildman–Crippen LogP) is 2.37. The van der Waals surface area contributed by atoms with Gasteiger partial charge in [-0.25, -0.2) is 10.0 Å². The molecule has 2 aliphatic rings. The first-order valence-electron chi connectivity index (χ1n) is 9.18. The number of para-hydroxylation sites is 1. The molecule has 2 heterocycles. The molecule has 2 atom stereocenters. The highest BCUT2D eigenvalue weighted by atomic mass is 16.5. The summed E-state index contributed by atoms with van der Waals surface area (Å²) in [5, 5.41) is 15.5. The van der Waals surface area contributed by atoms with Crippen LogP contribution < -0.4 is 4.74 Å². The SMILES string of the molecule is COC[C@@H]1CCCN1N1C(=O)c2ccccc2C1(O)c1ccccc1OC. The van der Waals surface area contributed by atoms with E-state index in [0.29, 0.717) is 35.6 Å². The summed E-state index contributed by atoms with van der Waals surface area (Å²) in [7, 11) is 3.22. The Balaban J connectivity index is 1.91. The fraction of sp³-hybridized carbons (Fsp3) is 0.381. The van der Waals surface area contributed by atoms with E-state index in [1.807, 2.05) is 35.3 Å². The molecule has 0 radical (unpaired) electrons. The topological polar surface area (TPSA) is 62.2 Å². The number of amides is 1.